The number of amides is 1. The molecule has 0 bridgehead atoms. The molecule has 2 rings (SSSR count). The van der Waals surface area contributed by atoms with E-state index in [9.17, 15) is 13.2 Å². The Kier molecular flexibility index (Phi) is 8.92. The van der Waals surface area contributed by atoms with Gasteiger partial charge in [0.2, 0.25) is 15.9 Å². The summed E-state index contributed by atoms with van der Waals surface area (Å²) in [5.41, 5.74) is 3.40. The van der Waals surface area contributed by atoms with E-state index in [-0.39, 0.29) is 5.91 Å². The van der Waals surface area contributed by atoms with Crippen LogP contribution in [0.5, 0.6) is 5.75 Å². The summed E-state index contributed by atoms with van der Waals surface area (Å²) < 4.78 is 32.2. The molecule has 1 amide bonds. The largest absolute Gasteiger partial charge is 0.494 e. The van der Waals surface area contributed by atoms with Crippen LogP contribution in [0.3, 0.4) is 0 Å². The average Bonchev–Trinajstić information content (AvgIpc) is 2.71. The number of hydrogen-bond acceptors (Lipinski definition) is 4. The van der Waals surface area contributed by atoms with Crippen LogP contribution in [0.2, 0.25) is 0 Å². The molecular weight excluding hydrogens is 412 g/mol. The van der Waals surface area contributed by atoms with Crippen LogP contribution in [-0.4, -0.2) is 39.8 Å². The van der Waals surface area contributed by atoms with Crippen molar-refractivity contribution in [2.45, 2.75) is 53.0 Å². The number of carbonyl (C=O) groups excluding carboxylic acids is 1. The van der Waals surface area contributed by atoms with Crippen LogP contribution in [0.4, 0.5) is 5.69 Å². The normalized spacial score (nSPS) is 12.3. The minimum absolute atomic E-state index is 0.285. The van der Waals surface area contributed by atoms with Crippen molar-refractivity contribution in [1.29, 1.82) is 0 Å². The van der Waals surface area contributed by atoms with Crippen LogP contribution >= 0.6 is 0 Å². The SMILES string of the molecule is CCOc1ccccc1CCCNC(=O)C(CC)N(c1cc(C)ccc1C)S(C)(=O)=O. The van der Waals surface area contributed by atoms with E-state index < -0.39 is 16.1 Å². The number of ether oxygens (including phenoxy) is 1. The van der Waals surface area contributed by atoms with Crippen molar-refractivity contribution in [3.63, 3.8) is 0 Å². The van der Waals surface area contributed by atoms with E-state index in [1.54, 1.807) is 0 Å². The van der Waals surface area contributed by atoms with Gasteiger partial charge in [0, 0.05) is 6.54 Å². The number of anilines is 1. The molecule has 31 heavy (non-hydrogen) atoms. The van der Waals surface area contributed by atoms with E-state index in [2.05, 4.69) is 5.32 Å². The summed E-state index contributed by atoms with van der Waals surface area (Å²) in [6, 6.07) is 12.7. The fourth-order valence-corrected chi connectivity index (χ4v) is 4.87. The van der Waals surface area contributed by atoms with Gasteiger partial charge in [0.15, 0.2) is 0 Å². The van der Waals surface area contributed by atoms with E-state index in [4.69, 9.17) is 4.74 Å². The standard InChI is InChI=1S/C24H34N2O4S/c1-6-21(26(31(5,28)29)22-17-18(3)14-15-19(22)4)24(27)25-16-10-12-20-11-8-9-13-23(20)30-7-2/h8-9,11,13-15,17,21H,6-7,10,12,16H2,1-5H3,(H,25,27). The number of hydrogen-bond donors (Lipinski definition) is 1. The van der Waals surface area contributed by atoms with Crippen LogP contribution in [0.25, 0.3) is 0 Å². The molecule has 0 saturated carbocycles. The highest BCUT2D eigenvalue weighted by atomic mass is 32.2. The predicted molar refractivity (Wildman–Crippen MR) is 126 cm³/mol. The smallest absolute Gasteiger partial charge is 0.243 e. The summed E-state index contributed by atoms with van der Waals surface area (Å²) in [5.74, 6) is 0.577. The van der Waals surface area contributed by atoms with Crippen LogP contribution in [0.15, 0.2) is 42.5 Å². The first-order chi connectivity index (χ1) is 14.7. The fourth-order valence-electron chi connectivity index (χ4n) is 3.61. The summed E-state index contributed by atoms with van der Waals surface area (Å²) in [5, 5.41) is 2.93. The lowest BCUT2D eigenvalue weighted by atomic mass is 10.1. The van der Waals surface area contributed by atoms with Gasteiger partial charge in [-0.15, -0.1) is 0 Å². The lowest BCUT2D eigenvalue weighted by Crippen LogP contribution is -2.49. The third-order valence-electron chi connectivity index (χ3n) is 5.13. The van der Waals surface area contributed by atoms with Gasteiger partial charge >= 0.3 is 0 Å². The summed E-state index contributed by atoms with van der Waals surface area (Å²) in [7, 11) is -3.64. The minimum Gasteiger partial charge on any atom is -0.494 e. The molecular formula is C24H34N2O4S. The molecule has 0 aliphatic carbocycles. The molecule has 170 valence electrons. The van der Waals surface area contributed by atoms with Gasteiger partial charge in [-0.3, -0.25) is 9.10 Å². The Labute approximate surface area is 186 Å². The van der Waals surface area contributed by atoms with Crippen molar-refractivity contribution in [2.24, 2.45) is 0 Å². The van der Waals surface area contributed by atoms with Crippen LogP contribution in [0.1, 0.15) is 43.4 Å². The molecule has 0 spiro atoms. The third kappa shape index (κ3) is 6.72. The first-order valence-corrected chi connectivity index (χ1v) is 12.6. The zero-order chi connectivity index (χ0) is 23.0. The Morgan fingerprint density at radius 3 is 2.48 bits per heavy atom. The van der Waals surface area contributed by atoms with Gasteiger partial charge in [-0.1, -0.05) is 37.3 Å². The van der Waals surface area contributed by atoms with E-state index in [0.29, 0.717) is 25.3 Å². The molecule has 0 saturated heterocycles. The summed E-state index contributed by atoms with van der Waals surface area (Å²) >= 11 is 0. The topological polar surface area (TPSA) is 75.7 Å². The molecule has 0 aliphatic rings. The summed E-state index contributed by atoms with van der Waals surface area (Å²) in [6.07, 6.45) is 3.02. The molecule has 0 fully saturated rings. The highest BCUT2D eigenvalue weighted by Gasteiger charge is 2.32. The number of para-hydroxylation sites is 1. The van der Waals surface area contributed by atoms with E-state index in [0.717, 1.165) is 41.5 Å². The lowest BCUT2D eigenvalue weighted by molar-refractivity contribution is -0.122. The number of carbonyl (C=O) groups is 1. The van der Waals surface area contributed by atoms with Crippen molar-refractivity contribution in [2.75, 3.05) is 23.7 Å². The molecule has 7 heteroatoms. The number of sulfonamides is 1. The minimum atomic E-state index is -3.64. The van der Waals surface area contributed by atoms with Gasteiger partial charge in [0.05, 0.1) is 18.6 Å². The van der Waals surface area contributed by atoms with E-state index in [1.807, 2.05) is 70.2 Å². The van der Waals surface area contributed by atoms with Crippen LogP contribution in [-0.2, 0) is 21.2 Å². The highest BCUT2D eigenvalue weighted by Crippen LogP contribution is 2.27. The lowest BCUT2D eigenvalue weighted by Gasteiger charge is -2.31. The molecule has 0 aliphatic heterocycles. The first kappa shape index (κ1) is 24.7. The highest BCUT2D eigenvalue weighted by molar-refractivity contribution is 7.92. The summed E-state index contributed by atoms with van der Waals surface area (Å²) in [4.78, 5) is 13.0. The van der Waals surface area contributed by atoms with Gasteiger partial charge in [0.1, 0.15) is 11.8 Å². The molecule has 1 atom stereocenters. The maximum absolute atomic E-state index is 13.0. The third-order valence-corrected chi connectivity index (χ3v) is 6.29. The molecule has 2 aromatic rings. The Morgan fingerprint density at radius 2 is 1.84 bits per heavy atom. The maximum Gasteiger partial charge on any atom is 0.243 e. The molecule has 0 radical (unpaired) electrons. The second-order valence-corrected chi connectivity index (χ2v) is 9.57. The van der Waals surface area contributed by atoms with Crippen molar-refractivity contribution in [3.05, 3.63) is 59.2 Å². The van der Waals surface area contributed by atoms with Crippen molar-refractivity contribution in [3.8, 4) is 5.75 Å². The van der Waals surface area contributed by atoms with Gasteiger partial charge in [-0.2, -0.15) is 0 Å². The molecule has 0 aromatic heterocycles. The quantitative estimate of drug-likeness (QED) is 0.530. The number of nitrogens with zero attached hydrogens (tertiary/aromatic N) is 1. The van der Waals surface area contributed by atoms with E-state index in [1.165, 1.54) is 4.31 Å². The average molecular weight is 447 g/mol. The second-order valence-electron chi connectivity index (χ2n) is 7.71. The van der Waals surface area contributed by atoms with Crippen molar-refractivity contribution >= 4 is 21.6 Å². The molecule has 1 N–H and O–H groups in total. The number of nitrogens with one attached hydrogen (secondary N) is 1. The maximum atomic E-state index is 13.0. The van der Waals surface area contributed by atoms with Crippen molar-refractivity contribution < 1.29 is 17.9 Å². The number of aryl methyl sites for hydroxylation is 3. The van der Waals surface area contributed by atoms with Gasteiger partial charge in [-0.25, -0.2) is 8.42 Å². The molecule has 6 nitrogen and oxygen atoms in total. The first-order valence-electron chi connectivity index (χ1n) is 10.7. The van der Waals surface area contributed by atoms with Crippen molar-refractivity contribution in [1.82, 2.24) is 5.32 Å². The van der Waals surface area contributed by atoms with Gasteiger partial charge in [0.25, 0.3) is 0 Å². The molecule has 2 aromatic carbocycles. The Balaban J connectivity index is 2.10. The van der Waals surface area contributed by atoms with Gasteiger partial charge < -0.3 is 10.1 Å². The van der Waals surface area contributed by atoms with Crippen LogP contribution in [0, 0.1) is 13.8 Å². The Bertz CT molecular complexity index is 989. The zero-order valence-electron chi connectivity index (χ0n) is 19.1. The second kappa shape index (κ2) is 11.2. The van der Waals surface area contributed by atoms with E-state index >= 15 is 0 Å². The number of benzene rings is 2. The fraction of sp³-hybridized carbons (Fsp3) is 0.458. The Morgan fingerprint density at radius 1 is 1.13 bits per heavy atom. The number of rotatable bonds is 11. The predicted octanol–water partition coefficient (Wildman–Crippen LogP) is 4.00. The Hall–Kier alpha value is -2.54. The summed E-state index contributed by atoms with van der Waals surface area (Å²) in [6.45, 7) is 8.60. The molecule has 1 unspecified atom stereocenters. The van der Waals surface area contributed by atoms with Gasteiger partial charge in [-0.05, 0) is 68.9 Å². The van der Waals surface area contributed by atoms with Crippen LogP contribution < -0.4 is 14.4 Å². The zero-order valence-corrected chi connectivity index (χ0v) is 20.0. The molecule has 0 heterocycles. The monoisotopic (exact) mass is 446 g/mol.